The molecule has 1 aliphatic heterocycles. The Balaban J connectivity index is 2.06. The number of likely N-dealkylation sites (tertiary alicyclic amines) is 1. The predicted molar refractivity (Wildman–Crippen MR) is 63.5 cm³/mol. The number of rotatable bonds is 2. The molecule has 0 bridgehead atoms. The molecule has 3 atom stereocenters. The molecule has 15 heavy (non-hydrogen) atoms. The molecule has 0 spiro atoms. The summed E-state index contributed by atoms with van der Waals surface area (Å²) in [6, 6.07) is 4.56. The highest BCUT2D eigenvalue weighted by Gasteiger charge is 2.31. The predicted octanol–water partition coefficient (Wildman–Crippen LogP) is 2.38. The van der Waals surface area contributed by atoms with Gasteiger partial charge in [0.2, 0.25) is 0 Å². The van der Waals surface area contributed by atoms with E-state index in [9.17, 15) is 0 Å². The molecule has 84 valence electrons. The lowest BCUT2D eigenvalue weighted by atomic mass is 10.1. The van der Waals surface area contributed by atoms with E-state index in [0.717, 1.165) is 23.5 Å². The van der Waals surface area contributed by atoms with Crippen LogP contribution < -0.4 is 5.73 Å². The van der Waals surface area contributed by atoms with E-state index in [4.69, 9.17) is 10.2 Å². The number of halogens is 1. The molecular weight excluding hydrogens is 256 g/mol. The van der Waals surface area contributed by atoms with Crippen LogP contribution in [0.25, 0.3) is 0 Å². The number of hydrogen-bond acceptors (Lipinski definition) is 3. The Labute approximate surface area is 98.7 Å². The minimum absolute atomic E-state index is 0.297. The van der Waals surface area contributed by atoms with Gasteiger partial charge in [0, 0.05) is 19.1 Å². The van der Waals surface area contributed by atoms with Crippen molar-refractivity contribution in [2.24, 2.45) is 11.7 Å². The minimum atomic E-state index is 0.297. The van der Waals surface area contributed by atoms with E-state index in [-0.39, 0.29) is 0 Å². The van der Waals surface area contributed by atoms with Gasteiger partial charge in [-0.2, -0.15) is 0 Å². The summed E-state index contributed by atoms with van der Waals surface area (Å²) in [5.41, 5.74) is 6.01. The molecule has 0 aromatic carbocycles. The second-order valence-electron chi connectivity index (χ2n) is 4.41. The summed E-state index contributed by atoms with van der Waals surface area (Å²) < 4.78 is 6.35. The average molecular weight is 273 g/mol. The molecule has 3 unspecified atom stereocenters. The number of furan rings is 1. The van der Waals surface area contributed by atoms with Gasteiger partial charge in [-0.05, 0) is 40.9 Å². The van der Waals surface area contributed by atoms with Crippen molar-refractivity contribution in [2.75, 3.05) is 13.1 Å². The van der Waals surface area contributed by atoms with E-state index >= 15 is 0 Å². The van der Waals surface area contributed by atoms with Gasteiger partial charge in [-0.15, -0.1) is 0 Å². The maximum atomic E-state index is 6.01. The van der Waals surface area contributed by atoms with E-state index in [1.807, 2.05) is 12.1 Å². The number of nitrogens with zero attached hydrogens (tertiary/aromatic N) is 1. The Morgan fingerprint density at radius 2 is 2.27 bits per heavy atom. The van der Waals surface area contributed by atoms with Crippen LogP contribution in [0.1, 0.15) is 25.6 Å². The highest BCUT2D eigenvalue weighted by Crippen LogP contribution is 2.28. The van der Waals surface area contributed by atoms with Crippen molar-refractivity contribution in [2.45, 2.75) is 25.9 Å². The number of hydrogen-bond donors (Lipinski definition) is 1. The van der Waals surface area contributed by atoms with Crippen LogP contribution in [0.2, 0.25) is 0 Å². The van der Waals surface area contributed by atoms with E-state index < -0.39 is 0 Å². The molecule has 4 heteroatoms. The van der Waals surface area contributed by atoms with Crippen LogP contribution in [0.3, 0.4) is 0 Å². The SMILES string of the molecule is CC1CN(C(C)c2ccc(Br)o2)CC1N. The third kappa shape index (κ3) is 2.27. The Morgan fingerprint density at radius 1 is 1.53 bits per heavy atom. The van der Waals surface area contributed by atoms with Crippen LogP contribution in [0.5, 0.6) is 0 Å². The smallest absolute Gasteiger partial charge is 0.169 e. The second kappa shape index (κ2) is 4.28. The summed E-state index contributed by atoms with van der Waals surface area (Å²) in [5.74, 6) is 1.58. The van der Waals surface area contributed by atoms with Gasteiger partial charge in [-0.25, -0.2) is 0 Å². The fourth-order valence-corrected chi connectivity index (χ4v) is 2.40. The lowest BCUT2D eigenvalue weighted by Crippen LogP contribution is -2.29. The van der Waals surface area contributed by atoms with Crippen molar-refractivity contribution in [3.8, 4) is 0 Å². The highest BCUT2D eigenvalue weighted by atomic mass is 79.9. The first-order chi connectivity index (χ1) is 7.08. The molecule has 1 fully saturated rings. The third-order valence-corrected chi connectivity index (χ3v) is 3.68. The molecule has 2 heterocycles. The van der Waals surface area contributed by atoms with Gasteiger partial charge in [0.05, 0.1) is 6.04 Å². The van der Waals surface area contributed by atoms with Crippen LogP contribution in [0.4, 0.5) is 0 Å². The summed E-state index contributed by atoms with van der Waals surface area (Å²) >= 11 is 3.32. The highest BCUT2D eigenvalue weighted by molar-refractivity contribution is 9.10. The van der Waals surface area contributed by atoms with Crippen molar-refractivity contribution in [1.29, 1.82) is 0 Å². The maximum Gasteiger partial charge on any atom is 0.169 e. The second-order valence-corrected chi connectivity index (χ2v) is 5.19. The normalized spacial score (nSPS) is 29.6. The zero-order chi connectivity index (χ0) is 11.0. The van der Waals surface area contributed by atoms with Crippen molar-refractivity contribution in [3.05, 3.63) is 22.6 Å². The first kappa shape index (κ1) is 11.2. The summed E-state index contributed by atoms with van der Waals surface area (Å²) in [6.45, 7) is 6.38. The van der Waals surface area contributed by atoms with E-state index in [2.05, 4.69) is 34.7 Å². The Hall–Kier alpha value is -0.320. The summed E-state index contributed by atoms with van der Waals surface area (Å²) in [4.78, 5) is 2.38. The largest absolute Gasteiger partial charge is 0.453 e. The van der Waals surface area contributed by atoms with Gasteiger partial charge < -0.3 is 10.2 Å². The Morgan fingerprint density at radius 3 is 2.73 bits per heavy atom. The van der Waals surface area contributed by atoms with Crippen molar-refractivity contribution in [1.82, 2.24) is 4.90 Å². The Bertz CT molecular complexity index is 329. The fraction of sp³-hybridized carbons (Fsp3) is 0.636. The monoisotopic (exact) mass is 272 g/mol. The van der Waals surface area contributed by atoms with Crippen molar-refractivity contribution >= 4 is 15.9 Å². The van der Waals surface area contributed by atoms with Crippen LogP contribution in [-0.2, 0) is 0 Å². The zero-order valence-electron chi connectivity index (χ0n) is 9.11. The molecule has 2 rings (SSSR count). The summed E-state index contributed by atoms with van der Waals surface area (Å²) in [7, 11) is 0. The van der Waals surface area contributed by atoms with Gasteiger partial charge in [0.1, 0.15) is 5.76 Å². The van der Waals surface area contributed by atoms with Gasteiger partial charge in [0.25, 0.3) is 0 Å². The van der Waals surface area contributed by atoms with Crippen LogP contribution in [0, 0.1) is 5.92 Å². The average Bonchev–Trinajstić information content (AvgIpc) is 2.74. The van der Waals surface area contributed by atoms with Crippen LogP contribution in [-0.4, -0.2) is 24.0 Å². The molecule has 3 nitrogen and oxygen atoms in total. The Kier molecular flexibility index (Phi) is 3.19. The lowest BCUT2D eigenvalue weighted by Gasteiger charge is -2.22. The molecule has 2 N–H and O–H groups in total. The van der Waals surface area contributed by atoms with Gasteiger partial charge in [-0.3, -0.25) is 4.90 Å². The molecule has 1 aliphatic rings. The molecule has 0 amide bonds. The van der Waals surface area contributed by atoms with Gasteiger partial charge in [-0.1, -0.05) is 6.92 Å². The van der Waals surface area contributed by atoms with Gasteiger partial charge in [0.15, 0.2) is 4.67 Å². The maximum absolute atomic E-state index is 6.01. The molecule has 1 saturated heterocycles. The molecule has 0 aliphatic carbocycles. The van der Waals surface area contributed by atoms with Crippen LogP contribution >= 0.6 is 15.9 Å². The third-order valence-electron chi connectivity index (χ3n) is 3.25. The molecule has 0 saturated carbocycles. The molecular formula is C11H17BrN2O. The van der Waals surface area contributed by atoms with Crippen LogP contribution in [0.15, 0.2) is 21.2 Å². The fourth-order valence-electron chi connectivity index (χ4n) is 2.08. The van der Waals surface area contributed by atoms with Gasteiger partial charge >= 0.3 is 0 Å². The first-order valence-corrected chi connectivity index (χ1v) is 6.12. The van der Waals surface area contributed by atoms with E-state index in [1.165, 1.54) is 0 Å². The topological polar surface area (TPSA) is 42.4 Å². The quantitative estimate of drug-likeness (QED) is 0.899. The lowest BCUT2D eigenvalue weighted by molar-refractivity contribution is 0.222. The van der Waals surface area contributed by atoms with Crippen molar-refractivity contribution in [3.63, 3.8) is 0 Å². The molecule has 1 aromatic rings. The summed E-state index contributed by atoms with van der Waals surface area (Å²) in [6.07, 6.45) is 0. The minimum Gasteiger partial charge on any atom is -0.453 e. The van der Waals surface area contributed by atoms with Crippen molar-refractivity contribution < 1.29 is 4.42 Å². The number of nitrogens with two attached hydrogens (primary N) is 1. The zero-order valence-corrected chi connectivity index (χ0v) is 10.7. The first-order valence-electron chi connectivity index (χ1n) is 5.33. The molecule has 1 aromatic heterocycles. The standard InChI is InChI=1S/C11H17BrN2O/c1-7-5-14(6-9(7)13)8(2)10-3-4-11(12)15-10/h3-4,7-9H,5-6,13H2,1-2H3. The summed E-state index contributed by atoms with van der Waals surface area (Å²) in [5, 5.41) is 0. The van der Waals surface area contributed by atoms with E-state index in [1.54, 1.807) is 0 Å². The van der Waals surface area contributed by atoms with E-state index in [0.29, 0.717) is 18.0 Å². The molecule has 0 radical (unpaired) electrons.